The van der Waals surface area contributed by atoms with Crippen molar-refractivity contribution in [1.82, 2.24) is 4.98 Å². The van der Waals surface area contributed by atoms with Crippen LogP contribution in [0.1, 0.15) is 16.7 Å². The molecule has 0 aliphatic carbocycles. The third-order valence-electron chi connectivity index (χ3n) is 3.88. The van der Waals surface area contributed by atoms with Crippen LogP contribution >= 0.6 is 11.8 Å². The molecule has 0 aliphatic rings. The molecular weight excluding hydrogens is 342 g/mol. The second-order valence-corrected chi connectivity index (χ2v) is 6.69. The van der Waals surface area contributed by atoms with E-state index in [2.05, 4.69) is 17.1 Å². The summed E-state index contributed by atoms with van der Waals surface area (Å²) in [6.45, 7) is 1.97. The fraction of sp³-hybridized carbons (Fsp3) is 0.0500. The van der Waals surface area contributed by atoms with Gasteiger partial charge in [0.25, 0.3) is 0 Å². The largest absolute Gasteiger partial charge is 0.398 e. The Balaban J connectivity index is 2.25. The summed E-state index contributed by atoms with van der Waals surface area (Å²) < 4.78 is 0. The molecule has 0 atom stereocenters. The van der Waals surface area contributed by atoms with E-state index in [0.29, 0.717) is 21.8 Å². The highest BCUT2D eigenvalue weighted by Gasteiger charge is 2.21. The van der Waals surface area contributed by atoms with Crippen LogP contribution in [0, 0.1) is 29.6 Å². The maximum Gasteiger partial charge on any atom is 0.143 e. The van der Waals surface area contributed by atoms with Crippen LogP contribution in [0.5, 0.6) is 0 Å². The van der Waals surface area contributed by atoms with Crippen molar-refractivity contribution >= 4 is 23.3 Å². The average Bonchev–Trinajstić information content (AvgIpc) is 2.64. The zero-order chi connectivity index (χ0) is 18.7. The summed E-state index contributed by atoms with van der Waals surface area (Å²) in [4.78, 5) is 5.07. The van der Waals surface area contributed by atoms with Crippen LogP contribution in [0.4, 0.5) is 11.5 Å². The highest BCUT2D eigenvalue weighted by atomic mass is 32.2. The minimum absolute atomic E-state index is 0.0964. The van der Waals surface area contributed by atoms with Crippen molar-refractivity contribution in [2.75, 3.05) is 11.5 Å². The number of hydrogen-bond donors (Lipinski definition) is 2. The second-order valence-electron chi connectivity index (χ2n) is 5.66. The van der Waals surface area contributed by atoms with Crippen LogP contribution in [-0.4, -0.2) is 4.98 Å². The van der Waals surface area contributed by atoms with Gasteiger partial charge in [-0.15, -0.1) is 0 Å². The number of pyridine rings is 1. The van der Waals surface area contributed by atoms with Crippen molar-refractivity contribution in [2.45, 2.75) is 16.8 Å². The first-order valence-electron chi connectivity index (χ1n) is 7.78. The molecule has 1 heterocycles. The van der Waals surface area contributed by atoms with E-state index in [-0.39, 0.29) is 11.4 Å². The first kappa shape index (κ1) is 17.3. The Hall–Kier alpha value is -3.48. The molecule has 0 saturated heterocycles. The molecule has 126 valence electrons. The van der Waals surface area contributed by atoms with Gasteiger partial charge in [0, 0.05) is 16.1 Å². The Kier molecular flexibility index (Phi) is 4.79. The van der Waals surface area contributed by atoms with E-state index in [1.165, 1.54) is 11.8 Å². The van der Waals surface area contributed by atoms with Gasteiger partial charge in [-0.05, 0) is 24.6 Å². The molecule has 0 radical (unpaired) electrons. The quantitative estimate of drug-likeness (QED) is 0.682. The third-order valence-corrected chi connectivity index (χ3v) is 4.96. The average molecular weight is 357 g/mol. The van der Waals surface area contributed by atoms with E-state index >= 15 is 0 Å². The van der Waals surface area contributed by atoms with Gasteiger partial charge in [0.15, 0.2) is 0 Å². The summed E-state index contributed by atoms with van der Waals surface area (Å²) in [6, 6.07) is 19.2. The Morgan fingerprint density at radius 2 is 1.58 bits per heavy atom. The number of rotatable bonds is 3. The van der Waals surface area contributed by atoms with E-state index in [0.717, 1.165) is 16.0 Å². The molecule has 0 unspecified atom stereocenters. The normalized spacial score (nSPS) is 10.1. The van der Waals surface area contributed by atoms with E-state index < -0.39 is 0 Å². The van der Waals surface area contributed by atoms with Crippen molar-refractivity contribution in [3.63, 3.8) is 0 Å². The van der Waals surface area contributed by atoms with Crippen LogP contribution in [-0.2, 0) is 0 Å². The molecule has 0 saturated carbocycles. The molecule has 0 fully saturated rings. The first-order chi connectivity index (χ1) is 12.5. The Morgan fingerprint density at radius 1 is 0.923 bits per heavy atom. The number of nitrogens with zero attached hydrogens (tertiary/aromatic N) is 3. The first-order valence-corrected chi connectivity index (χ1v) is 8.60. The number of aryl methyl sites for hydroxylation is 1. The maximum absolute atomic E-state index is 9.79. The van der Waals surface area contributed by atoms with Crippen LogP contribution in [0.25, 0.3) is 11.1 Å². The van der Waals surface area contributed by atoms with E-state index in [9.17, 15) is 10.5 Å². The summed E-state index contributed by atoms with van der Waals surface area (Å²) in [5, 5.41) is 19.8. The molecule has 0 spiro atoms. The predicted molar refractivity (Wildman–Crippen MR) is 103 cm³/mol. The number of hydrogen-bond acceptors (Lipinski definition) is 6. The van der Waals surface area contributed by atoms with Gasteiger partial charge < -0.3 is 11.5 Å². The van der Waals surface area contributed by atoms with Gasteiger partial charge in [0.05, 0.1) is 5.56 Å². The summed E-state index contributed by atoms with van der Waals surface area (Å²) in [5.74, 6) is 0.0964. The van der Waals surface area contributed by atoms with E-state index in [1.807, 2.05) is 49.4 Å². The molecule has 3 aromatic rings. The van der Waals surface area contributed by atoms with Crippen LogP contribution in [0.15, 0.2) is 58.5 Å². The number of nitrogen functional groups attached to an aromatic ring is 2. The van der Waals surface area contributed by atoms with Gasteiger partial charge in [0.1, 0.15) is 28.5 Å². The van der Waals surface area contributed by atoms with Crippen molar-refractivity contribution in [3.8, 4) is 23.3 Å². The highest BCUT2D eigenvalue weighted by molar-refractivity contribution is 7.99. The van der Waals surface area contributed by atoms with Crippen LogP contribution in [0.3, 0.4) is 0 Å². The van der Waals surface area contributed by atoms with Gasteiger partial charge in [0.2, 0.25) is 0 Å². The maximum atomic E-state index is 9.79. The molecule has 4 N–H and O–H groups in total. The summed E-state index contributed by atoms with van der Waals surface area (Å²) in [5.41, 5.74) is 15.5. The van der Waals surface area contributed by atoms with Crippen molar-refractivity contribution in [1.29, 1.82) is 10.5 Å². The zero-order valence-electron chi connectivity index (χ0n) is 14.0. The van der Waals surface area contributed by atoms with E-state index in [1.54, 1.807) is 6.07 Å². The third kappa shape index (κ3) is 3.19. The highest BCUT2D eigenvalue weighted by Crippen LogP contribution is 2.39. The van der Waals surface area contributed by atoms with Crippen LogP contribution in [0.2, 0.25) is 0 Å². The molecule has 3 rings (SSSR count). The van der Waals surface area contributed by atoms with Crippen molar-refractivity contribution < 1.29 is 0 Å². The van der Waals surface area contributed by atoms with Gasteiger partial charge in [-0.1, -0.05) is 53.7 Å². The number of benzene rings is 2. The topological polar surface area (TPSA) is 113 Å². The molecule has 0 amide bonds. The summed E-state index contributed by atoms with van der Waals surface area (Å²) in [6.07, 6.45) is 0. The monoisotopic (exact) mass is 357 g/mol. The Labute approximate surface area is 155 Å². The molecule has 1 aromatic heterocycles. The van der Waals surface area contributed by atoms with Crippen molar-refractivity contribution in [3.05, 3.63) is 65.2 Å². The SMILES string of the molecule is Cc1ccc(-c2c(C#N)c(N)nc(Sc3ccccc3N)c2C#N)cc1. The predicted octanol–water partition coefficient (Wildman–Crippen LogP) is 4.12. The lowest BCUT2D eigenvalue weighted by molar-refractivity contribution is 1.11. The summed E-state index contributed by atoms with van der Waals surface area (Å²) >= 11 is 1.26. The second kappa shape index (κ2) is 7.18. The number of aromatic nitrogens is 1. The fourth-order valence-corrected chi connectivity index (χ4v) is 3.49. The van der Waals surface area contributed by atoms with Gasteiger partial charge in [-0.3, -0.25) is 0 Å². The minimum Gasteiger partial charge on any atom is -0.398 e. The summed E-state index contributed by atoms with van der Waals surface area (Å²) in [7, 11) is 0. The standard InChI is InChI=1S/C20H15N5S/c1-12-6-8-13(9-7-12)18-14(10-21)19(24)25-20(15(18)11-22)26-17-5-3-2-4-16(17)23/h2-9H,23H2,1H3,(H2,24,25). The van der Waals surface area contributed by atoms with Crippen molar-refractivity contribution in [2.24, 2.45) is 0 Å². The Morgan fingerprint density at radius 3 is 2.19 bits per heavy atom. The molecule has 0 bridgehead atoms. The number of nitrogens with two attached hydrogens (primary N) is 2. The van der Waals surface area contributed by atoms with Crippen LogP contribution < -0.4 is 11.5 Å². The molecule has 0 aliphatic heterocycles. The Bertz CT molecular complexity index is 1060. The lowest BCUT2D eigenvalue weighted by atomic mass is 9.96. The molecular formula is C20H15N5S. The smallest absolute Gasteiger partial charge is 0.143 e. The molecule has 6 heteroatoms. The lowest BCUT2D eigenvalue weighted by Gasteiger charge is -2.13. The zero-order valence-corrected chi connectivity index (χ0v) is 14.8. The van der Waals surface area contributed by atoms with E-state index in [4.69, 9.17) is 11.5 Å². The number of anilines is 2. The lowest BCUT2D eigenvalue weighted by Crippen LogP contribution is -2.03. The number of nitriles is 2. The van der Waals surface area contributed by atoms with Gasteiger partial charge in [-0.2, -0.15) is 10.5 Å². The fourth-order valence-electron chi connectivity index (χ4n) is 2.56. The number of para-hydroxylation sites is 1. The van der Waals surface area contributed by atoms with Gasteiger partial charge >= 0.3 is 0 Å². The van der Waals surface area contributed by atoms with Gasteiger partial charge in [-0.25, -0.2) is 4.98 Å². The minimum atomic E-state index is 0.0964. The molecule has 5 nitrogen and oxygen atoms in total. The molecule has 26 heavy (non-hydrogen) atoms. The molecule has 2 aromatic carbocycles.